The van der Waals surface area contributed by atoms with Gasteiger partial charge >= 0.3 is 0 Å². The molecule has 2 aromatic rings. The van der Waals surface area contributed by atoms with Crippen LogP contribution in [0.15, 0.2) is 42.5 Å². The minimum absolute atomic E-state index is 0.109. The van der Waals surface area contributed by atoms with Crippen molar-refractivity contribution in [3.8, 4) is 11.8 Å². The molecule has 0 bridgehead atoms. The molecule has 0 radical (unpaired) electrons. The Morgan fingerprint density at radius 3 is 2.52 bits per heavy atom. The summed E-state index contributed by atoms with van der Waals surface area (Å²) in [7, 11) is 0. The summed E-state index contributed by atoms with van der Waals surface area (Å²) in [5.74, 6) is 2.30. The van der Waals surface area contributed by atoms with Gasteiger partial charge in [0.2, 0.25) is 0 Å². The second kappa shape index (κ2) is 10.2. The quantitative estimate of drug-likeness (QED) is 0.572. The van der Waals surface area contributed by atoms with Gasteiger partial charge in [0.25, 0.3) is 0 Å². The molecule has 2 nitrogen and oxygen atoms in total. The third-order valence-electron chi connectivity index (χ3n) is 5.46. The number of rotatable bonds is 5. The highest BCUT2D eigenvalue weighted by atomic mass is 16.5. The zero-order valence-corrected chi connectivity index (χ0v) is 17.5. The zero-order chi connectivity index (χ0) is 19.8. The van der Waals surface area contributed by atoms with Crippen molar-refractivity contribution in [2.45, 2.75) is 66.4 Å². The van der Waals surface area contributed by atoms with Gasteiger partial charge in [-0.25, -0.2) is 0 Å². The summed E-state index contributed by atoms with van der Waals surface area (Å²) in [5.41, 5.74) is 4.37. The Bertz CT molecular complexity index is 774. The minimum Gasteiger partial charge on any atom is -0.485 e. The van der Waals surface area contributed by atoms with Gasteiger partial charge in [-0.2, -0.15) is 5.26 Å². The third-order valence-corrected chi connectivity index (χ3v) is 5.46. The molecule has 0 saturated heterocycles. The van der Waals surface area contributed by atoms with Crippen LogP contribution in [0.5, 0.6) is 5.75 Å². The number of nitrogens with zero attached hydrogens (tertiary/aromatic N) is 1. The van der Waals surface area contributed by atoms with E-state index in [0.29, 0.717) is 11.5 Å². The summed E-state index contributed by atoms with van der Waals surface area (Å²) < 4.78 is 6.23. The molecule has 0 N–H and O–H groups in total. The number of hydrogen-bond donors (Lipinski definition) is 0. The predicted molar refractivity (Wildman–Crippen MR) is 113 cm³/mol. The summed E-state index contributed by atoms with van der Waals surface area (Å²) >= 11 is 0. The fourth-order valence-electron chi connectivity index (χ4n) is 3.62. The van der Waals surface area contributed by atoms with Crippen LogP contribution in [-0.2, 0) is 6.42 Å². The Morgan fingerprint density at radius 1 is 1.19 bits per heavy atom. The van der Waals surface area contributed by atoms with E-state index in [-0.39, 0.29) is 6.10 Å². The lowest BCUT2D eigenvalue weighted by atomic mass is 10.0. The second-order valence-electron chi connectivity index (χ2n) is 7.81. The smallest absolute Gasteiger partial charge is 0.127 e. The molecule has 3 rings (SSSR count). The van der Waals surface area contributed by atoms with Crippen molar-refractivity contribution in [3.63, 3.8) is 0 Å². The van der Waals surface area contributed by atoms with E-state index in [4.69, 9.17) is 10.00 Å². The van der Waals surface area contributed by atoms with E-state index < -0.39 is 0 Å². The monoisotopic (exact) mass is 363 g/mol. The first-order valence-corrected chi connectivity index (χ1v) is 10.2. The van der Waals surface area contributed by atoms with E-state index in [9.17, 15) is 0 Å². The van der Waals surface area contributed by atoms with Crippen molar-refractivity contribution >= 4 is 0 Å². The second-order valence-corrected chi connectivity index (χ2v) is 7.81. The van der Waals surface area contributed by atoms with Crippen LogP contribution in [0.1, 0.15) is 75.3 Å². The molecule has 1 aliphatic carbocycles. The molecule has 144 valence electrons. The topological polar surface area (TPSA) is 33.0 Å². The molecule has 2 unspecified atom stereocenters. The summed E-state index contributed by atoms with van der Waals surface area (Å²) in [6.07, 6.45) is 5.26. The number of fused-ring (bicyclic) bond motifs is 1. The van der Waals surface area contributed by atoms with Gasteiger partial charge in [0, 0.05) is 5.92 Å². The van der Waals surface area contributed by atoms with Gasteiger partial charge < -0.3 is 4.74 Å². The van der Waals surface area contributed by atoms with Crippen molar-refractivity contribution in [3.05, 3.63) is 64.7 Å². The Kier molecular flexibility index (Phi) is 7.92. The van der Waals surface area contributed by atoms with E-state index in [1.807, 2.05) is 25.1 Å². The molecule has 0 spiro atoms. The fourth-order valence-corrected chi connectivity index (χ4v) is 3.62. The normalized spacial score (nSPS) is 18.7. The van der Waals surface area contributed by atoms with Crippen LogP contribution in [-0.4, -0.2) is 0 Å². The average Bonchev–Trinajstić information content (AvgIpc) is 2.99. The van der Waals surface area contributed by atoms with Crippen LogP contribution < -0.4 is 4.74 Å². The number of nitriles is 1. The summed E-state index contributed by atoms with van der Waals surface area (Å²) in [4.78, 5) is 0. The molecular formula is C25H33NO. The zero-order valence-electron chi connectivity index (χ0n) is 17.5. The molecule has 1 aliphatic rings. The van der Waals surface area contributed by atoms with Crippen LogP contribution in [0.3, 0.4) is 0 Å². The van der Waals surface area contributed by atoms with Crippen LogP contribution in [0, 0.1) is 30.1 Å². The lowest BCUT2D eigenvalue weighted by Crippen LogP contribution is -2.12. The van der Waals surface area contributed by atoms with E-state index in [1.165, 1.54) is 30.4 Å². The number of hydrogen-bond acceptors (Lipinski definition) is 2. The summed E-state index contributed by atoms with van der Waals surface area (Å²) in [6, 6.07) is 16.2. The molecule has 0 fully saturated rings. The summed E-state index contributed by atoms with van der Waals surface area (Å²) in [6.45, 7) is 11.0. The Balaban J connectivity index is 0.000000321. The third kappa shape index (κ3) is 5.60. The van der Waals surface area contributed by atoms with Gasteiger partial charge in [-0.3, -0.25) is 0 Å². The SMILES string of the molecule is CCCC(C)CC.Cc1cc(C#N)ccc1OC1c2ccccc2C[C@H]1C. The van der Waals surface area contributed by atoms with Crippen molar-refractivity contribution in [1.29, 1.82) is 5.26 Å². The predicted octanol–water partition coefficient (Wildman–Crippen LogP) is 7.01. The highest BCUT2D eigenvalue weighted by Crippen LogP contribution is 2.39. The molecular weight excluding hydrogens is 330 g/mol. The molecule has 0 heterocycles. The van der Waals surface area contributed by atoms with E-state index in [2.05, 4.69) is 58.0 Å². The Labute approximate surface area is 165 Å². The average molecular weight is 364 g/mol. The first kappa shape index (κ1) is 21.0. The van der Waals surface area contributed by atoms with Gasteiger partial charge in [-0.05, 0) is 54.2 Å². The highest BCUT2D eigenvalue weighted by molar-refractivity contribution is 5.42. The van der Waals surface area contributed by atoms with Gasteiger partial charge in [0.1, 0.15) is 11.9 Å². The van der Waals surface area contributed by atoms with Crippen LogP contribution in [0.25, 0.3) is 0 Å². The first-order valence-electron chi connectivity index (χ1n) is 10.2. The van der Waals surface area contributed by atoms with Gasteiger partial charge in [-0.1, -0.05) is 71.2 Å². The van der Waals surface area contributed by atoms with E-state index >= 15 is 0 Å². The first-order chi connectivity index (χ1) is 13.0. The molecule has 3 atom stereocenters. The van der Waals surface area contributed by atoms with Crippen LogP contribution in [0.2, 0.25) is 0 Å². The largest absolute Gasteiger partial charge is 0.485 e. The summed E-state index contributed by atoms with van der Waals surface area (Å²) in [5, 5.41) is 8.92. The van der Waals surface area contributed by atoms with Crippen molar-refractivity contribution in [1.82, 2.24) is 0 Å². The van der Waals surface area contributed by atoms with Crippen molar-refractivity contribution < 1.29 is 4.74 Å². The minimum atomic E-state index is 0.109. The molecule has 27 heavy (non-hydrogen) atoms. The Hall–Kier alpha value is -2.27. The maximum atomic E-state index is 8.92. The molecule has 0 amide bonds. The highest BCUT2D eigenvalue weighted by Gasteiger charge is 2.30. The molecule has 0 aliphatic heterocycles. The van der Waals surface area contributed by atoms with Gasteiger partial charge in [-0.15, -0.1) is 0 Å². The lowest BCUT2D eigenvalue weighted by Gasteiger charge is -2.20. The Morgan fingerprint density at radius 2 is 1.93 bits per heavy atom. The molecule has 0 aromatic heterocycles. The van der Waals surface area contributed by atoms with E-state index in [0.717, 1.165) is 23.7 Å². The maximum absolute atomic E-state index is 8.92. The number of benzene rings is 2. The lowest BCUT2D eigenvalue weighted by molar-refractivity contribution is 0.158. The van der Waals surface area contributed by atoms with Crippen molar-refractivity contribution in [2.75, 3.05) is 0 Å². The number of aryl methyl sites for hydroxylation is 1. The standard InChI is InChI=1S/C18H17NO.C7H16/c1-12-9-14(11-19)7-8-17(12)20-18-13(2)10-15-5-3-4-6-16(15)18;1-4-6-7(3)5-2/h3-9,13,18H,10H2,1-2H3;7H,4-6H2,1-3H3/t13-,18?;/m1./s1. The van der Waals surface area contributed by atoms with E-state index in [1.54, 1.807) is 0 Å². The fraction of sp³-hybridized carbons (Fsp3) is 0.480. The van der Waals surface area contributed by atoms with Crippen LogP contribution >= 0.6 is 0 Å². The maximum Gasteiger partial charge on any atom is 0.127 e. The van der Waals surface area contributed by atoms with Crippen molar-refractivity contribution in [2.24, 2.45) is 11.8 Å². The molecule has 2 heteroatoms. The molecule has 2 aromatic carbocycles. The van der Waals surface area contributed by atoms with Gasteiger partial charge in [0.15, 0.2) is 0 Å². The van der Waals surface area contributed by atoms with Crippen LogP contribution in [0.4, 0.5) is 0 Å². The van der Waals surface area contributed by atoms with Gasteiger partial charge in [0.05, 0.1) is 11.6 Å². The number of ether oxygens (including phenoxy) is 1. The molecule has 0 saturated carbocycles.